The van der Waals surface area contributed by atoms with Crippen molar-refractivity contribution in [3.05, 3.63) is 64.2 Å². The van der Waals surface area contributed by atoms with Gasteiger partial charge in [-0.1, -0.05) is 54.8 Å². The van der Waals surface area contributed by atoms with Crippen LogP contribution < -0.4 is 10.1 Å². The molecule has 0 aromatic heterocycles. The largest absolute Gasteiger partial charge is 0.484 e. The Balaban J connectivity index is 1.68. The predicted octanol–water partition coefficient (Wildman–Crippen LogP) is 4.85. The first-order valence-electron chi connectivity index (χ1n) is 11.4. The van der Waals surface area contributed by atoms with Gasteiger partial charge in [0.1, 0.15) is 11.8 Å². The van der Waals surface area contributed by atoms with Gasteiger partial charge < -0.3 is 15.0 Å². The van der Waals surface area contributed by atoms with Gasteiger partial charge in [-0.25, -0.2) is 0 Å². The van der Waals surface area contributed by atoms with E-state index in [-0.39, 0.29) is 24.5 Å². The van der Waals surface area contributed by atoms with Crippen LogP contribution >= 0.6 is 11.6 Å². The van der Waals surface area contributed by atoms with Crippen molar-refractivity contribution in [1.29, 1.82) is 0 Å². The predicted molar refractivity (Wildman–Crippen MR) is 128 cm³/mol. The minimum Gasteiger partial charge on any atom is -0.484 e. The number of aryl methyl sites for hydroxylation is 2. The average Bonchev–Trinajstić information content (AvgIpc) is 3.29. The summed E-state index contributed by atoms with van der Waals surface area (Å²) in [6.45, 7) is 5.93. The van der Waals surface area contributed by atoms with Gasteiger partial charge in [-0.15, -0.1) is 0 Å². The molecule has 1 aliphatic rings. The van der Waals surface area contributed by atoms with Gasteiger partial charge in [-0.3, -0.25) is 9.59 Å². The highest BCUT2D eigenvalue weighted by Crippen LogP contribution is 2.26. The van der Waals surface area contributed by atoms with E-state index in [0.29, 0.717) is 23.7 Å². The van der Waals surface area contributed by atoms with Crippen LogP contribution in [0.4, 0.5) is 0 Å². The number of ether oxygens (including phenoxy) is 1. The Morgan fingerprint density at radius 3 is 2.38 bits per heavy atom. The molecular weight excluding hydrogens is 424 g/mol. The van der Waals surface area contributed by atoms with Crippen LogP contribution in [-0.4, -0.2) is 41.9 Å². The third kappa shape index (κ3) is 6.49. The minimum atomic E-state index is -0.566. The number of hydrogen-bond acceptors (Lipinski definition) is 3. The van der Waals surface area contributed by atoms with E-state index >= 15 is 0 Å². The van der Waals surface area contributed by atoms with Gasteiger partial charge in [-0.2, -0.15) is 0 Å². The lowest BCUT2D eigenvalue weighted by atomic mass is 10.1. The van der Waals surface area contributed by atoms with Crippen molar-refractivity contribution in [2.45, 2.75) is 65.0 Å². The molecule has 5 nitrogen and oxygen atoms in total. The van der Waals surface area contributed by atoms with Crippen LogP contribution in [-0.2, 0) is 16.0 Å². The second kappa shape index (κ2) is 11.4. The number of hydrogen-bond donors (Lipinski definition) is 1. The molecule has 0 radical (unpaired) electrons. The van der Waals surface area contributed by atoms with Crippen LogP contribution in [0, 0.1) is 13.8 Å². The molecule has 1 aliphatic carbocycles. The van der Waals surface area contributed by atoms with Crippen molar-refractivity contribution in [3.8, 4) is 5.75 Å². The third-order valence-corrected chi connectivity index (χ3v) is 6.72. The van der Waals surface area contributed by atoms with Crippen LogP contribution in [0.3, 0.4) is 0 Å². The Morgan fingerprint density at radius 2 is 1.75 bits per heavy atom. The second-order valence-electron chi connectivity index (χ2n) is 8.65. The molecule has 1 saturated carbocycles. The standard InChI is InChI=1S/C26H33ClN2O3/c1-18-15-23(16-19(2)25(18)27)32-17-24(30)29(14-13-21-9-5-4-6-10-21)20(3)26(31)28-22-11-7-8-12-22/h4-6,9-10,15-16,20,22H,7-8,11-14,17H2,1-3H3,(H,28,31)/t20-/m1/s1. The van der Waals surface area contributed by atoms with E-state index < -0.39 is 6.04 Å². The number of rotatable bonds is 9. The fourth-order valence-corrected chi connectivity index (χ4v) is 4.29. The van der Waals surface area contributed by atoms with E-state index in [2.05, 4.69) is 5.32 Å². The monoisotopic (exact) mass is 456 g/mol. The number of carbonyl (C=O) groups is 2. The smallest absolute Gasteiger partial charge is 0.261 e. The maximum absolute atomic E-state index is 13.2. The van der Waals surface area contributed by atoms with Crippen molar-refractivity contribution in [1.82, 2.24) is 10.2 Å². The van der Waals surface area contributed by atoms with Gasteiger partial charge in [0.15, 0.2) is 6.61 Å². The molecule has 172 valence electrons. The fourth-order valence-electron chi connectivity index (χ4n) is 4.18. The number of benzene rings is 2. The van der Waals surface area contributed by atoms with Gasteiger partial charge >= 0.3 is 0 Å². The lowest BCUT2D eigenvalue weighted by Gasteiger charge is -2.29. The average molecular weight is 457 g/mol. The summed E-state index contributed by atoms with van der Waals surface area (Å²) in [6, 6.07) is 13.3. The highest BCUT2D eigenvalue weighted by atomic mass is 35.5. The summed E-state index contributed by atoms with van der Waals surface area (Å²) in [7, 11) is 0. The Hall–Kier alpha value is -2.53. The highest BCUT2D eigenvalue weighted by molar-refractivity contribution is 6.32. The normalized spacial score (nSPS) is 14.8. The van der Waals surface area contributed by atoms with Gasteiger partial charge in [0.25, 0.3) is 5.91 Å². The van der Waals surface area contributed by atoms with Gasteiger partial charge in [-0.05, 0) is 68.9 Å². The van der Waals surface area contributed by atoms with E-state index in [1.807, 2.05) is 56.3 Å². The third-order valence-electron chi connectivity index (χ3n) is 6.13. The number of carbonyl (C=O) groups excluding carboxylic acids is 2. The van der Waals surface area contributed by atoms with Crippen molar-refractivity contribution < 1.29 is 14.3 Å². The summed E-state index contributed by atoms with van der Waals surface area (Å²) in [5.41, 5.74) is 2.93. The van der Waals surface area contributed by atoms with E-state index in [9.17, 15) is 9.59 Å². The number of nitrogens with one attached hydrogen (secondary N) is 1. The molecule has 0 unspecified atom stereocenters. The van der Waals surface area contributed by atoms with Gasteiger partial charge in [0.05, 0.1) is 0 Å². The van der Waals surface area contributed by atoms with Crippen LogP contribution in [0.5, 0.6) is 5.75 Å². The first-order valence-corrected chi connectivity index (χ1v) is 11.8. The topological polar surface area (TPSA) is 58.6 Å². The molecule has 2 amide bonds. The van der Waals surface area contributed by atoms with Crippen molar-refractivity contribution >= 4 is 23.4 Å². The lowest BCUT2D eigenvalue weighted by molar-refractivity contribution is -0.141. The molecule has 2 aromatic rings. The highest BCUT2D eigenvalue weighted by Gasteiger charge is 2.28. The molecule has 6 heteroatoms. The van der Waals surface area contributed by atoms with Crippen LogP contribution in [0.2, 0.25) is 5.02 Å². The van der Waals surface area contributed by atoms with E-state index in [1.165, 1.54) is 0 Å². The molecular formula is C26H33ClN2O3. The quantitative estimate of drug-likeness (QED) is 0.586. The summed E-state index contributed by atoms with van der Waals surface area (Å²) in [5, 5.41) is 3.82. The van der Waals surface area contributed by atoms with Crippen molar-refractivity contribution in [3.63, 3.8) is 0 Å². The number of amides is 2. The fraction of sp³-hybridized carbons (Fsp3) is 0.462. The molecule has 1 atom stereocenters. The minimum absolute atomic E-state index is 0.100. The van der Waals surface area contributed by atoms with E-state index in [0.717, 1.165) is 42.4 Å². The first-order chi connectivity index (χ1) is 15.3. The molecule has 1 fully saturated rings. The zero-order valence-corrected chi connectivity index (χ0v) is 20.0. The Morgan fingerprint density at radius 1 is 1.12 bits per heavy atom. The molecule has 0 spiro atoms. The zero-order valence-electron chi connectivity index (χ0n) is 19.2. The zero-order chi connectivity index (χ0) is 23.1. The number of nitrogens with zero attached hydrogens (tertiary/aromatic N) is 1. The summed E-state index contributed by atoms with van der Waals surface area (Å²) < 4.78 is 5.80. The molecule has 0 aliphatic heterocycles. The molecule has 2 aromatic carbocycles. The second-order valence-corrected chi connectivity index (χ2v) is 9.03. The molecule has 0 bridgehead atoms. The van der Waals surface area contributed by atoms with Crippen molar-refractivity contribution in [2.75, 3.05) is 13.2 Å². The molecule has 0 heterocycles. The lowest BCUT2D eigenvalue weighted by Crippen LogP contribution is -2.51. The maximum Gasteiger partial charge on any atom is 0.261 e. The van der Waals surface area contributed by atoms with E-state index in [4.69, 9.17) is 16.3 Å². The SMILES string of the molecule is Cc1cc(OCC(=O)N(CCc2ccccc2)[C@H](C)C(=O)NC2CCCC2)cc(C)c1Cl. The van der Waals surface area contributed by atoms with Gasteiger partial charge in [0.2, 0.25) is 5.91 Å². The maximum atomic E-state index is 13.2. The van der Waals surface area contributed by atoms with Gasteiger partial charge in [0, 0.05) is 17.6 Å². The Labute approximate surface area is 196 Å². The summed E-state index contributed by atoms with van der Waals surface area (Å²) in [6.07, 6.45) is 4.98. The molecule has 32 heavy (non-hydrogen) atoms. The molecule has 0 saturated heterocycles. The van der Waals surface area contributed by atoms with Crippen LogP contribution in [0.15, 0.2) is 42.5 Å². The molecule has 3 rings (SSSR count). The summed E-state index contributed by atoms with van der Waals surface area (Å²) >= 11 is 6.23. The Kier molecular flexibility index (Phi) is 8.57. The first kappa shape index (κ1) is 24.1. The summed E-state index contributed by atoms with van der Waals surface area (Å²) in [5.74, 6) is 0.292. The molecule has 1 N–H and O–H groups in total. The van der Waals surface area contributed by atoms with E-state index in [1.54, 1.807) is 11.8 Å². The summed E-state index contributed by atoms with van der Waals surface area (Å²) in [4.78, 5) is 27.7. The van der Waals surface area contributed by atoms with Crippen LogP contribution in [0.25, 0.3) is 0 Å². The van der Waals surface area contributed by atoms with Crippen molar-refractivity contribution in [2.24, 2.45) is 0 Å². The number of halogens is 1. The van der Waals surface area contributed by atoms with Crippen LogP contribution in [0.1, 0.15) is 49.3 Å². The Bertz CT molecular complexity index is 903.